The highest BCUT2D eigenvalue weighted by Gasteiger charge is 2.56. The van der Waals surface area contributed by atoms with Crippen molar-refractivity contribution in [1.29, 1.82) is 0 Å². The minimum Gasteiger partial charge on any atom is -0.350 e. The van der Waals surface area contributed by atoms with Crippen LogP contribution in [0.5, 0.6) is 0 Å². The molecule has 5 heteroatoms. The summed E-state index contributed by atoms with van der Waals surface area (Å²) in [6.07, 6.45) is 2.73. The van der Waals surface area contributed by atoms with Crippen LogP contribution in [0.3, 0.4) is 0 Å². The van der Waals surface area contributed by atoms with Crippen molar-refractivity contribution in [1.82, 2.24) is 10.2 Å². The summed E-state index contributed by atoms with van der Waals surface area (Å²) in [5, 5.41) is 2.94. The van der Waals surface area contributed by atoms with Crippen molar-refractivity contribution in [3.63, 3.8) is 0 Å². The fraction of sp³-hybridized carbons (Fsp3) is 0.364. The third-order valence-electron chi connectivity index (χ3n) is 5.67. The number of hydrogen-bond acceptors (Lipinski definition) is 2. The minimum atomic E-state index is -0.784. The van der Waals surface area contributed by atoms with Gasteiger partial charge in [0, 0.05) is 18.7 Å². The molecule has 1 N–H and O–H groups in total. The normalized spacial score (nSPS) is 20.3. The van der Waals surface area contributed by atoms with Gasteiger partial charge >= 0.3 is 0 Å². The lowest BCUT2D eigenvalue weighted by Gasteiger charge is -2.28. The van der Waals surface area contributed by atoms with Crippen LogP contribution in [0.1, 0.15) is 36.8 Å². The zero-order chi connectivity index (χ0) is 18.9. The quantitative estimate of drug-likeness (QED) is 0.884. The summed E-state index contributed by atoms with van der Waals surface area (Å²) in [6.45, 7) is 0.995. The molecule has 2 aromatic rings. The van der Waals surface area contributed by atoms with Crippen molar-refractivity contribution in [2.45, 2.75) is 43.7 Å². The SMILES string of the molecule is O=C(NCc1ccccc1)C1CCCN1C(=O)C1(c2ccccc2F)CC1. The molecule has 2 amide bonds. The Morgan fingerprint density at radius 2 is 1.78 bits per heavy atom. The lowest BCUT2D eigenvalue weighted by molar-refractivity contribution is -0.140. The van der Waals surface area contributed by atoms with Gasteiger partial charge in [0.25, 0.3) is 0 Å². The Kier molecular flexibility index (Phi) is 4.68. The smallest absolute Gasteiger partial charge is 0.243 e. The highest BCUT2D eigenvalue weighted by Crippen LogP contribution is 2.51. The van der Waals surface area contributed by atoms with Crippen molar-refractivity contribution in [2.75, 3.05) is 6.54 Å². The number of rotatable bonds is 5. The van der Waals surface area contributed by atoms with Gasteiger partial charge in [-0.3, -0.25) is 9.59 Å². The van der Waals surface area contributed by atoms with Gasteiger partial charge in [-0.05, 0) is 37.3 Å². The van der Waals surface area contributed by atoms with E-state index in [2.05, 4.69) is 5.32 Å². The largest absolute Gasteiger partial charge is 0.350 e. The van der Waals surface area contributed by atoms with Gasteiger partial charge in [0.15, 0.2) is 0 Å². The van der Waals surface area contributed by atoms with Crippen LogP contribution < -0.4 is 5.32 Å². The standard InChI is InChI=1S/C22H23FN2O2/c23-18-10-5-4-9-17(18)22(12-13-22)21(27)25-14-6-11-19(25)20(26)24-15-16-7-2-1-3-8-16/h1-5,7-10,19H,6,11-15H2,(H,24,26). The third kappa shape index (κ3) is 3.34. The maximum atomic E-state index is 14.3. The summed E-state index contributed by atoms with van der Waals surface area (Å²) >= 11 is 0. The summed E-state index contributed by atoms with van der Waals surface area (Å²) in [6, 6.07) is 15.7. The van der Waals surface area contributed by atoms with E-state index in [4.69, 9.17) is 0 Å². The monoisotopic (exact) mass is 366 g/mol. The summed E-state index contributed by atoms with van der Waals surface area (Å²) in [5.74, 6) is -0.577. The zero-order valence-corrected chi connectivity index (χ0v) is 15.2. The van der Waals surface area contributed by atoms with E-state index in [0.29, 0.717) is 37.9 Å². The summed E-state index contributed by atoms with van der Waals surface area (Å²) in [7, 11) is 0. The van der Waals surface area contributed by atoms with E-state index in [1.54, 1.807) is 23.1 Å². The van der Waals surface area contributed by atoms with Gasteiger partial charge in [0.1, 0.15) is 11.9 Å². The molecule has 27 heavy (non-hydrogen) atoms. The second-order valence-corrected chi connectivity index (χ2v) is 7.42. The Morgan fingerprint density at radius 3 is 2.48 bits per heavy atom. The van der Waals surface area contributed by atoms with Crippen molar-refractivity contribution < 1.29 is 14.0 Å². The average molecular weight is 366 g/mol. The first-order chi connectivity index (χ1) is 13.1. The number of hydrogen-bond donors (Lipinski definition) is 1. The van der Waals surface area contributed by atoms with Crippen molar-refractivity contribution in [3.8, 4) is 0 Å². The van der Waals surface area contributed by atoms with Crippen LogP contribution in [0.2, 0.25) is 0 Å². The molecule has 0 bridgehead atoms. The first kappa shape index (κ1) is 17.7. The number of carbonyl (C=O) groups is 2. The van der Waals surface area contributed by atoms with E-state index in [0.717, 1.165) is 12.0 Å². The Morgan fingerprint density at radius 1 is 1.07 bits per heavy atom. The fourth-order valence-electron chi connectivity index (χ4n) is 4.03. The van der Waals surface area contributed by atoms with E-state index < -0.39 is 11.5 Å². The number of carbonyl (C=O) groups excluding carboxylic acids is 2. The van der Waals surface area contributed by atoms with Crippen molar-refractivity contribution in [3.05, 3.63) is 71.5 Å². The van der Waals surface area contributed by atoms with Crippen LogP contribution in [0, 0.1) is 5.82 Å². The van der Waals surface area contributed by atoms with E-state index in [-0.39, 0.29) is 17.6 Å². The molecule has 1 saturated carbocycles. The Bertz CT molecular complexity index is 848. The molecule has 0 spiro atoms. The van der Waals surface area contributed by atoms with E-state index in [1.807, 2.05) is 30.3 Å². The van der Waals surface area contributed by atoms with E-state index in [1.165, 1.54) is 6.07 Å². The molecular formula is C22H23FN2O2. The lowest BCUT2D eigenvalue weighted by atomic mass is 9.93. The molecule has 2 aliphatic rings. The zero-order valence-electron chi connectivity index (χ0n) is 15.2. The minimum absolute atomic E-state index is 0.107. The maximum Gasteiger partial charge on any atom is 0.243 e. The number of nitrogens with zero attached hydrogens (tertiary/aromatic N) is 1. The van der Waals surface area contributed by atoms with Gasteiger partial charge in [-0.15, -0.1) is 0 Å². The molecule has 0 aromatic heterocycles. The van der Waals surface area contributed by atoms with Crippen LogP contribution in [0.15, 0.2) is 54.6 Å². The molecule has 2 aromatic carbocycles. The van der Waals surface area contributed by atoms with Gasteiger partial charge in [-0.25, -0.2) is 4.39 Å². The third-order valence-corrected chi connectivity index (χ3v) is 5.67. The molecule has 1 atom stereocenters. The number of nitrogens with one attached hydrogen (secondary N) is 1. The van der Waals surface area contributed by atoms with Crippen LogP contribution in [-0.2, 0) is 21.5 Å². The number of halogens is 1. The van der Waals surface area contributed by atoms with Crippen molar-refractivity contribution in [2.24, 2.45) is 0 Å². The molecular weight excluding hydrogens is 343 g/mol. The average Bonchev–Trinajstić information content (AvgIpc) is 3.35. The molecule has 4 rings (SSSR count). The molecule has 4 nitrogen and oxygen atoms in total. The van der Waals surface area contributed by atoms with E-state index in [9.17, 15) is 14.0 Å². The van der Waals surface area contributed by atoms with E-state index >= 15 is 0 Å². The Balaban J connectivity index is 1.47. The highest BCUT2D eigenvalue weighted by atomic mass is 19.1. The molecule has 2 fully saturated rings. The van der Waals surface area contributed by atoms with Gasteiger partial charge in [0.2, 0.25) is 11.8 Å². The molecule has 1 heterocycles. The molecule has 0 radical (unpaired) electrons. The van der Waals surface area contributed by atoms with Gasteiger partial charge in [-0.2, -0.15) is 0 Å². The van der Waals surface area contributed by atoms with Crippen LogP contribution >= 0.6 is 0 Å². The molecule has 1 saturated heterocycles. The molecule has 140 valence electrons. The second kappa shape index (κ2) is 7.14. The number of benzene rings is 2. The number of likely N-dealkylation sites (tertiary alicyclic amines) is 1. The predicted molar refractivity (Wildman–Crippen MR) is 100 cm³/mol. The molecule has 1 aliphatic heterocycles. The van der Waals surface area contributed by atoms with Gasteiger partial charge < -0.3 is 10.2 Å². The number of amides is 2. The fourth-order valence-corrected chi connectivity index (χ4v) is 4.03. The van der Waals surface area contributed by atoms with Crippen LogP contribution in [0.25, 0.3) is 0 Å². The Labute approximate surface area is 158 Å². The van der Waals surface area contributed by atoms with Crippen LogP contribution in [-0.4, -0.2) is 29.3 Å². The second-order valence-electron chi connectivity index (χ2n) is 7.42. The summed E-state index contributed by atoms with van der Waals surface area (Å²) < 4.78 is 14.3. The van der Waals surface area contributed by atoms with Crippen molar-refractivity contribution >= 4 is 11.8 Å². The predicted octanol–water partition coefficient (Wildman–Crippen LogP) is 3.16. The molecule has 1 unspecified atom stereocenters. The molecule has 1 aliphatic carbocycles. The first-order valence-electron chi connectivity index (χ1n) is 9.49. The lowest BCUT2D eigenvalue weighted by Crippen LogP contribution is -2.49. The summed E-state index contributed by atoms with van der Waals surface area (Å²) in [5.41, 5.74) is 0.699. The summed E-state index contributed by atoms with van der Waals surface area (Å²) in [4.78, 5) is 27.6. The van der Waals surface area contributed by atoms with Crippen LogP contribution in [0.4, 0.5) is 4.39 Å². The maximum absolute atomic E-state index is 14.3. The topological polar surface area (TPSA) is 49.4 Å². The first-order valence-corrected chi connectivity index (χ1v) is 9.49. The Hall–Kier alpha value is -2.69. The van der Waals surface area contributed by atoms with Gasteiger partial charge in [0.05, 0.1) is 5.41 Å². The van der Waals surface area contributed by atoms with Gasteiger partial charge in [-0.1, -0.05) is 48.5 Å². The highest BCUT2D eigenvalue weighted by molar-refractivity contribution is 5.95.